The van der Waals surface area contributed by atoms with E-state index in [0.29, 0.717) is 13.1 Å². The van der Waals surface area contributed by atoms with E-state index in [1.807, 2.05) is 0 Å². The average Bonchev–Trinajstić information content (AvgIpc) is 1.41. The largest absolute Gasteiger partial charge is 0.329 e. The zero-order chi connectivity index (χ0) is 4.12. The van der Waals surface area contributed by atoms with Gasteiger partial charge in [0.15, 0.2) is 0 Å². The van der Waals surface area contributed by atoms with Gasteiger partial charge in [0.2, 0.25) is 0 Å². The van der Waals surface area contributed by atoms with Gasteiger partial charge in [-0.1, -0.05) is 0 Å². The van der Waals surface area contributed by atoms with E-state index < -0.39 is 0 Å². The number of hydrogen-bond acceptors (Lipinski definition) is 2. The van der Waals surface area contributed by atoms with Gasteiger partial charge in [-0.05, 0) is 0 Å². The quantitative estimate of drug-likeness (QED) is 0.307. The summed E-state index contributed by atoms with van der Waals surface area (Å²) in [6, 6.07) is 0. The molecule has 0 aliphatic heterocycles. The van der Waals surface area contributed by atoms with Crippen molar-refractivity contribution in [3.8, 4) is 0 Å². The van der Waals surface area contributed by atoms with Gasteiger partial charge in [0, 0.05) is 13.1 Å². The van der Waals surface area contributed by atoms with E-state index in [1.54, 1.807) is 0 Å². The molecule has 0 aliphatic rings. The first-order valence-corrected chi connectivity index (χ1v) is 1.48. The lowest BCUT2D eigenvalue weighted by molar-refractivity contribution is 0.722. The maximum absolute atomic E-state index is 4.97. The maximum Gasteiger partial charge on any atom is 0.0424 e. The highest BCUT2D eigenvalue weighted by atomic mass is 15.2. The van der Waals surface area contributed by atoms with E-state index in [-0.39, 0.29) is 0 Å². The summed E-state index contributed by atoms with van der Waals surface area (Å²) in [4.78, 5) is 0. The summed E-state index contributed by atoms with van der Waals surface area (Å²) in [5, 5.41) is 0. The van der Waals surface area contributed by atoms with E-state index in [1.165, 1.54) is 0 Å². The van der Waals surface area contributed by atoms with Crippen LogP contribution in [-0.4, -0.2) is 13.1 Å². The fourth-order valence-corrected chi connectivity index (χ4v) is 0.0745. The van der Waals surface area contributed by atoms with Gasteiger partial charge >= 0.3 is 0 Å². The second-order valence-corrected chi connectivity index (χ2v) is 0.695. The van der Waals surface area contributed by atoms with Crippen molar-refractivity contribution in [2.24, 2.45) is 11.6 Å². The van der Waals surface area contributed by atoms with Gasteiger partial charge in [0.05, 0.1) is 0 Å². The molecule has 1 radical (unpaired) electrons. The third-order valence-corrected chi connectivity index (χ3v) is 0.258. The summed E-state index contributed by atoms with van der Waals surface area (Å²) in [5.41, 5.74) is 8.19. The lowest BCUT2D eigenvalue weighted by Crippen LogP contribution is -2.20. The van der Waals surface area contributed by atoms with E-state index in [2.05, 4.69) is 11.3 Å². The third kappa shape index (κ3) is 3.88. The molecule has 5 heavy (non-hydrogen) atoms. The Morgan fingerprint density at radius 3 is 2.20 bits per heavy atom. The molecule has 0 saturated heterocycles. The van der Waals surface area contributed by atoms with Gasteiger partial charge in [0.1, 0.15) is 0 Å². The Kier molecular flexibility index (Phi) is 3.79. The minimum Gasteiger partial charge on any atom is -0.329 e. The molecule has 0 saturated carbocycles. The van der Waals surface area contributed by atoms with Crippen molar-refractivity contribution in [3.05, 3.63) is 0 Å². The van der Waals surface area contributed by atoms with Gasteiger partial charge in [-0.15, -0.1) is 0 Å². The van der Waals surface area contributed by atoms with Gasteiger partial charge in [-0.25, -0.2) is 0 Å². The van der Waals surface area contributed by atoms with Crippen molar-refractivity contribution in [1.82, 2.24) is 5.43 Å². The summed E-state index contributed by atoms with van der Waals surface area (Å²) in [6.45, 7) is 1.12. The predicted molar refractivity (Wildman–Crippen MR) is 20.2 cm³/mol. The molecular weight excluding hydrogens is 66.0 g/mol. The number of hydrogen-bond donors (Lipinski definition) is 2. The maximum atomic E-state index is 4.97. The summed E-state index contributed by atoms with van der Waals surface area (Å²) < 4.78 is 0. The van der Waals surface area contributed by atoms with Crippen LogP contribution in [0.2, 0.25) is 0 Å². The molecule has 0 aromatic heterocycles. The molecular formula is C2H8N3. The standard InChI is InChI=1S/C2H8N3/c3-1-2-5-4/h1-4H2. The van der Waals surface area contributed by atoms with E-state index in [0.717, 1.165) is 0 Å². The van der Waals surface area contributed by atoms with Crippen LogP contribution in [0, 0.1) is 0 Å². The molecule has 0 bridgehead atoms. The second kappa shape index (κ2) is 3.88. The van der Waals surface area contributed by atoms with Gasteiger partial charge in [-0.3, -0.25) is 5.84 Å². The van der Waals surface area contributed by atoms with Crippen LogP contribution in [0.4, 0.5) is 0 Å². The Morgan fingerprint density at radius 2 is 2.20 bits per heavy atom. The Morgan fingerprint density at radius 1 is 1.60 bits per heavy atom. The summed E-state index contributed by atoms with van der Waals surface area (Å²) in [5.74, 6) is 4.68. The molecule has 0 aromatic rings. The van der Waals surface area contributed by atoms with Crippen molar-refractivity contribution < 1.29 is 0 Å². The van der Waals surface area contributed by atoms with Crippen LogP contribution in [0.5, 0.6) is 0 Å². The van der Waals surface area contributed by atoms with E-state index in [9.17, 15) is 0 Å². The highest BCUT2D eigenvalue weighted by molar-refractivity contribution is 4.30. The first-order valence-electron chi connectivity index (χ1n) is 1.48. The summed E-state index contributed by atoms with van der Waals surface area (Å²) in [6.07, 6.45) is 0. The molecule has 0 spiro atoms. The lowest BCUT2D eigenvalue weighted by Gasteiger charge is -1.82. The average molecular weight is 74.1 g/mol. The number of rotatable bonds is 2. The lowest BCUT2D eigenvalue weighted by atomic mass is 10.7. The van der Waals surface area contributed by atoms with Gasteiger partial charge in [-0.2, -0.15) is 5.43 Å². The molecule has 0 atom stereocenters. The number of nitrogens with zero attached hydrogens (tertiary/aromatic N) is 1. The smallest absolute Gasteiger partial charge is 0.0424 e. The molecule has 0 fully saturated rings. The first kappa shape index (κ1) is 4.88. The Bertz CT molecular complexity index is 12.4. The minimum absolute atomic E-state index is 0.552. The fourth-order valence-electron chi connectivity index (χ4n) is 0.0745. The van der Waals surface area contributed by atoms with Crippen LogP contribution in [0.15, 0.2) is 0 Å². The summed E-state index contributed by atoms with van der Waals surface area (Å²) >= 11 is 0. The van der Waals surface area contributed by atoms with Crippen molar-refractivity contribution >= 4 is 0 Å². The molecule has 0 aliphatic carbocycles. The molecule has 3 nitrogen and oxygen atoms in total. The monoisotopic (exact) mass is 74.1 g/mol. The van der Waals surface area contributed by atoms with Crippen LogP contribution in [0.1, 0.15) is 0 Å². The normalized spacial score (nSPS) is 8.40. The fraction of sp³-hybridized carbons (Fsp3) is 1.00. The topological polar surface area (TPSA) is 66.1 Å². The molecule has 0 rings (SSSR count). The Hall–Kier alpha value is -0.120. The molecule has 31 valence electrons. The predicted octanol–water partition coefficient (Wildman–Crippen LogP) is -1.58. The molecule has 0 heterocycles. The van der Waals surface area contributed by atoms with Crippen molar-refractivity contribution in [2.45, 2.75) is 0 Å². The zero-order valence-electron chi connectivity index (χ0n) is 3.02. The van der Waals surface area contributed by atoms with E-state index >= 15 is 0 Å². The zero-order valence-corrected chi connectivity index (χ0v) is 3.02. The molecule has 0 unspecified atom stereocenters. The minimum atomic E-state index is 0.552. The van der Waals surface area contributed by atoms with Crippen LogP contribution in [0.3, 0.4) is 0 Å². The SMILES string of the molecule is NCC[N]N. The van der Waals surface area contributed by atoms with Crippen molar-refractivity contribution in [2.75, 3.05) is 13.1 Å². The van der Waals surface area contributed by atoms with E-state index in [4.69, 9.17) is 5.73 Å². The Balaban J connectivity index is 2.19. The Labute approximate surface area is 31.3 Å². The summed E-state index contributed by atoms with van der Waals surface area (Å²) in [7, 11) is 0. The van der Waals surface area contributed by atoms with Crippen LogP contribution in [-0.2, 0) is 0 Å². The highest BCUT2D eigenvalue weighted by Crippen LogP contribution is 1.37. The third-order valence-electron chi connectivity index (χ3n) is 0.258. The van der Waals surface area contributed by atoms with Crippen molar-refractivity contribution in [1.29, 1.82) is 0 Å². The van der Waals surface area contributed by atoms with Crippen molar-refractivity contribution in [3.63, 3.8) is 0 Å². The first-order chi connectivity index (χ1) is 2.41. The number of nitrogens with two attached hydrogens (primary N) is 2. The van der Waals surface area contributed by atoms with Crippen LogP contribution in [0.25, 0.3) is 0 Å². The molecule has 3 heteroatoms. The highest BCUT2D eigenvalue weighted by Gasteiger charge is 1.67. The second-order valence-electron chi connectivity index (χ2n) is 0.695. The molecule has 0 aromatic carbocycles. The van der Waals surface area contributed by atoms with Crippen LogP contribution < -0.4 is 17.0 Å². The van der Waals surface area contributed by atoms with Crippen LogP contribution >= 0.6 is 0 Å². The molecule has 0 amide bonds. The van der Waals surface area contributed by atoms with Gasteiger partial charge in [0.25, 0.3) is 0 Å². The molecule has 4 N–H and O–H groups in total. The van der Waals surface area contributed by atoms with Gasteiger partial charge < -0.3 is 5.73 Å².